The molecule has 1 amide bonds. The lowest BCUT2D eigenvalue weighted by molar-refractivity contribution is 0.0946. The summed E-state index contributed by atoms with van der Waals surface area (Å²) in [6.07, 6.45) is 4.92. The number of nitrogens with zero attached hydrogens (tertiary/aromatic N) is 1. The van der Waals surface area contributed by atoms with Crippen LogP contribution < -0.4 is 5.32 Å². The van der Waals surface area contributed by atoms with Gasteiger partial charge in [-0.2, -0.15) is 0 Å². The van der Waals surface area contributed by atoms with Crippen LogP contribution in [0.5, 0.6) is 0 Å². The van der Waals surface area contributed by atoms with Crippen molar-refractivity contribution in [3.8, 4) is 0 Å². The molecule has 0 aliphatic heterocycles. The number of nitrogens with one attached hydrogen (secondary N) is 1. The van der Waals surface area contributed by atoms with Crippen LogP contribution in [0, 0.1) is 0 Å². The van der Waals surface area contributed by atoms with E-state index in [1.165, 1.54) is 5.56 Å². The van der Waals surface area contributed by atoms with Crippen LogP contribution in [0.25, 0.3) is 10.2 Å². The zero-order chi connectivity index (χ0) is 16.1. The summed E-state index contributed by atoms with van der Waals surface area (Å²) in [4.78, 5) is 13.7. The highest BCUT2D eigenvalue weighted by molar-refractivity contribution is 7.16. The van der Waals surface area contributed by atoms with Crippen molar-refractivity contribution in [1.82, 2.24) is 9.88 Å². The van der Waals surface area contributed by atoms with Gasteiger partial charge in [-0.15, -0.1) is 11.3 Å². The lowest BCUT2D eigenvalue weighted by Crippen LogP contribution is -2.27. The molecule has 3 rings (SSSR count). The van der Waals surface area contributed by atoms with E-state index in [1.807, 2.05) is 37.3 Å². The molecule has 0 saturated carbocycles. The smallest absolute Gasteiger partial charge is 0.267 e. The Morgan fingerprint density at radius 3 is 2.87 bits per heavy atom. The maximum Gasteiger partial charge on any atom is 0.267 e. The van der Waals surface area contributed by atoms with Crippen molar-refractivity contribution in [2.45, 2.75) is 19.9 Å². The average Bonchev–Trinajstić information content (AvgIpc) is 3.15. The van der Waals surface area contributed by atoms with Crippen LogP contribution in [-0.2, 0) is 13.0 Å². The molecule has 3 nitrogen and oxygen atoms in total. The van der Waals surface area contributed by atoms with Crippen molar-refractivity contribution < 1.29 is 4.79 Å². The predicted molar refractivity (Wildman–Crippen MR) is 97.1 cm³/mol. The number of amides is 1. The van der Waals surface area contributed by atoms with Gasteiger partial charge in [-0.25, -0.2) is 0 Å². The van der Waals surface area contributed by atoms with E-state index in [-0.39, 0.29) is 5.91 Å². The van der Waals surface area contributed by atoms with Crippen molar-refractivity contribution in [1.29, 1.82) is 0 Å². The monoisotopic (exact) mass is 324 g/mol. The molecule has 0 unspecified atom stereocenters. The Morgan fingerprint density at radius 1 is 1.26 bits per heavy atom. The Labute approximate surface area is 140 Å². The van der Waals surface area contributed by atoms with E-state index in [2.05, 4.69) is 39.5 Å². The highest BCUT2D eigenvalue weighted by Gasteiger charge is 2.15. The quantitative estimate of drug-likeness (QED) is 0.676. The van der Waals surface area contributed by atoms with Gasteiger partial charge in [-0.05, 0) is 36.4 Å². The molecule has 3 aromatic rings. The minimum atomic E-state index is -0.00571. The molecule has 0 radical (unpaired) electrons. The van der Waals surface area contributed by atoms with Gasteiger partial charge in [0.25, 0.3) is 5.91 Å². The van der Waals surface area contributed by atoms with Crippen LogP contribution in [0.1, 0.15) is 23.0 Å². The molecule has 4 heteroatoms. The summed E-state index contributed by atoms with van der Waals surface area (Å²) in [7, 11) is 0. The molecule has 0 saturated heterocycles. The third-order valence-electron chi connectivity index (χ3n) is 3.80. The van der Waals surface area contributed by atoms with Crippen molar-refractivity contribution in [3.05, 3.63) is 71.3 Å². The number of rotatable bonds is 6. The molecule has 0 bridgehead atoms. The van der Waals surface area contributed by atoms with E-state index in [0.717, 1.165) is 28.9 Å². The number of carbonyl (C=O) groups is 1. The number of aromatic nitrogens is 1. The van der Waals surface area contributed by atoms with E-state index >= 15 is 0 Å². The summed E-state index contributed by atoms with van der Waals surface area (Å²) < 4.78 is 2.08. The van der Waals surface area contributed by atoms with Crippen LogP contribution in [0.2, 0.25) is 0 Å². The van der Waals surface area contributed by atoms with Gasteiger partial charge in [0.1, 0.15) is 10.5 Å². The summed E-state index contributed by atoms with van der Waals surface area (Å²) in [6, 6.07) is 14.2. The fourth-order valence-electron chi connectivity index (χ4n) is 2.61. The lowest BCUT2D eigenvalue weighted by atomic mass is 10.1. The molecular weight excluding hydrogens is 304 g/mol. The Bertz CT molecular complexity index is 814. The van der Waals surface area contributed by atoms with E-state index in [4.69, 9.17) is 0 Å². The molecular formula is C19H20N2OS. The Kier molecular flexibility index (Phi) is 4.93. The highest BCUT2D eigenvalue weighted by atomic mass is 32.1. The summed E-state index contributed by atoms with van der Waals surface area (Å²) in [6.45, 7) is 3.36. The van der Waals surface area contributed by atoms with Crippen LogP contribution >= 0.6 is 11.3 Å². The number of hydrogen-bond acceptors (Lipinski definition) is 2. The molecule has 118 valence electrons. The first-order valence-electron chi connectivity index (χ1n) is 7.79. The van der Waals surface area contributed by atoms with Gasteiger partial charge in [0, 0.05) is 18.5 Å². The van der Waals surface area contributed by atoms with Gasteiger partial charge >= 0.3 is 0 Å². The first-order chi connectivity index (χ1) is 11.3. The number of carbonyl (C=O) groups excluding carboxylic acids is 1. The predicted octanol–water partition coefficient (Wildman–Crippen LogP) is 4.25. The van der Waals surface area contributed by atoms with Gasteiger partial charge in [0.2, 0.25) is 0 Å². The van der Waals surface area contributed by atoms with Gasteiger partial charge in [0.05, 0.1) is 0 Å². The van der Waals surface area contributed by atoms with E-state index in [0.29, 0.717) is 6.54 Å². The van der Waals surface area contributed by atoms with Gasteiger partial charge in [-0.1, -0.05) is 42.5 Å². The van der Waals surface area contributed by atoms with Crippen LogP contribution in [-0.4, -0.2) is 17.0 Å². The van der Waals surface area contributed by atoms with Crippen molar-refractivity contribution in [2.75, 3.05) is 6.54 Å². The lowest BCUT2D eigenvalue weighted by Gasteiger charge is -2.09. The maximum atomic E-state index is 12.5. The molecule has 0 aliphatic rings. The number of hydrogen-bond donors (Lipinski definition) is 1. The molecule has 1 aromatic carbocycles. The van der Waals surface area contributed by atoms with Crippen molar-refractivity contribution in [3.63, 3.8) is 0 Å². The Balaban J connectivity index is 1.71. The van der Waals surface area contributed by atoms with Crippen LogP contribution in [0.3, 0.4) is 0 Å². The second kappa shape index (κ2) is 7.29. The zero-order valence-electron chi connectivity index (χ0n) is 13.2. The molecule has 0 atom stereocenters. The molecule has 1 N–H and O–H groups in total. The summed E-state index contributed by atoms with van der Waals surface area (Å²) in [5, 5.41) is 6.23. The Morgan fingerprint density at radius 2 is 2.09 bits per heavy atom. The fraction of sp³-hybridized carbons (Fsp3) is 0.211. The first kappa shape index (κ1) is 15.6. The van der Waals surface area contributed by atoms with E-state index in [9.17, 15) is 4.79 Å². The molecule has 0 aliphatic carbocycles. The first-order valence-corrected chi connectivity index (χ1v) is 8.67. The minimum Gasteiger partial charge on any atom is -0.350 e. The molecule has 0 fully saturated rings. The number of fused-ring (bicyclic) bond motifs is 1. The maximum absolute atomic E-state index is 12.5. The Hall–Kier alpha value is -2.33. The number of allylic oxidation sites excluding steroid dienone is 2. The molecule has 2 aromatic heterocycles. The standard InChI is InChI=1S/C19H20N2OS/c1-2-3-12-21-17(14-16-10-13-23-19(16)21)18(22)20-11-9-15-7-5-4-6-8-15/h2-8,10,13-14H,9,11-12H2,1H3,(H,20,22)/b3-2-. The fourth-order valence-corrected chi connectivity index (χ4v) is 3.52. The third kappa shape index (κ3) is 3.54. The number of benzene rings is 1. The average molecular weight is 324 g/mol. The summed E-state index contributed by atoms with van der Waals surface area (Å²) in [5.74, 6) is -0.00571. The molecule has 0 spiro atoms. The second-order valence-electron chi connectivity index (χ2n) is 5.38. The topological polar surface area (TPSA) is 34.0 Å². The normalized spacial score (nSPS) is 11.3. The molecule has 23 heavy (non-hydrogen) atoms. The van der Waals surface area contributed by atoms with Crippen molar-refractivity contribution in [2.24, 2.45) is 0 Å². The minimum absolute atomic E-state index is 0.00571. The SMILES string of the molecule is C/C=C\Cn1c(C(=O)NCCc2ccccc2)cc2ccsc21. The third-order valence-corrected chi connectivity index (χ3v) is 4.75. The summed E-state index contributed by atoms with van der Waals surface area (Å²) in [5.41, 5.74) is 1.97. The number of thiophene rings is 1. The van der Waals surface area contributed by atoms with E-state index in [1.54, 1.807) is 11.3 Å². The van der Waals surface area contributed by atoms with Crippen LogP contribution in [0.4, 0.5) is 0 Å². The second-order valence-corrected chi connectivity index (χ2v) is 6.28. The van der Waals surface area contributed by atoms with Crippen molar-refractivity contribution >= 4 is 27.5 Å². The summed E-state index contributed by atoms with van der Waals surface area (Å²) >= 11 is 1.67. The van der Waals surface area contributed by atoms with Gasteiger partial charge in [-0.3, -0.25) is 4.79 Å². The van der Waals surface area contributed by atoms with Gasteiger partial charge < -0.3 is 9.88 Å². The molecule has 2 heterocycles. The van der Waals surface area contributed by atoms with Gasteiger partial charge in [0.15, 0.2) is 0 Å². The van der Waals surface area contributed by atoms with Crippen LogP contribution in [0.15, 0.2) is 60.0 Å². The highest BCUT2D eigenvalue weighted by Crippen LogP contribution is 2.25. The van der Waals surface area contributed by atoms with E-state index < -0.39 is 0 Å². The largest absolute Gasteiger partial charge is 0.350 e. The zero-order valence-corrected chi connectivity index (χ0v) is 14.0.